The fraction of sp³-hybridized carbons (Fsp3) is 0.714. The summed E-state index contributed by atoms with van der Waals surface area (Å²) in [6, 6.07) is 4.24. The first-order valence-corrected chi connectivity index (χ1v) is 9.38. The molecule has 0 spiro atoms. The van der Waals surface area contributed by atoms with Gasteiger partial charge in [0.15, 0.2) is 0 Å². The van der Waals surface area contributed by atoms with E-state index in [1.807, 2.05) is 6.07 Å². The number of thiophene rings is 1. The molecule has 1 aliphatic rings. The first-order chi connectivity index (χ1) is 9.26. The summed E-state index contributed by atoms with van der Waals surface area (Å²) < 4.78 is 27.4. The predicted octanol–water partition coefficient (Wildman–Crippen LogP) is 2.71. The molecule has 1 aromatic rings. The molecule has 2 rings (SSSR count). The van der Waals surface area contributed by atoms with E-state index in [2.05, 4.69) is 30.8 Å². The van der Waals surface area contributed by atoms with E-state index in [1.165, 1.54) is 24.2 Å². The molecule has 1 fully saturated rings. The highest BCUT2D eigenvalue weighted by Crippen LogP contribution is 2.24. The van der Waals surface area contributed by atoms with Gasteiger partial charge in [-0.05, 0) is 36.8 Å². The fourth-order valence-corrected chi connectivity index (χ4v) is 4.14. The Hall–Kier alpha value is -0.430. The van der Waals surface area contributed by atoms with Gasteiger partial charge in [0.2, 0.25) is 10.0 Å². The average Bonchev–Trinajstić information content (AvgIpc) is 3.01. The lowest BCUT2D eigenvalue weighted by Gasteiger charge is -2.17. The molecule has 0 saturated heterocycles. The van der Waals surface area contributed by atoms with E-state index in [0.29, 0.717) is 16.8 Å². The first-order valence-electron chi connectivity index (χ1n) is 7.08. The minimum atomic E-state index is -3.34. The van der Waals surface area contributed by atoms with Crippen molar-refractivity contribution in [3.63, 3.8) is 0 Å². The molecular formula is C14H24N2O2S2. The fourth-order valence-electron chi connectivity index (χ4n) is 1.76. The van der Waals surface area contributed by atoms with Crippen molar-refractivity contribution < 1.29 is 8.42 Å². The van der Waals surface area contributed by atoms with E-state index in [9.17, 15) is 8.42 Å². The van der Waals surface area contributed by atoms with Gasteiger partial charge in [-0.3, -0.25) is 0 Å². The Morgan fingerprint density at radius 3 is 2.60 bits per heavy atom. The molecule has 114 valence electrons. The van der Waals surface area contributed by atoms with Crippen LogP contribution in [0.4, 0.5) is 0 Å². The Morgan fingerprint density at radius 1 is 1.30 bits per heavy atom. The lowest BCUT2D eigenvalue weighted by atomic mass is 9.93. The van der Waals surface area contributed by atoms with Gasteiger partial charge in [0, 0.05) is 24.0 Å². The van der Waals surface area contributed by atoms with Crippen LogP contribution in [0.3, 0.4) is 0 Å². The van der Waals surface area contributed by atoms with Crippen molar-refractivity contribution in [3.8, 4) is 0 Å². The van der Waals surface area contributed by atoms with Gasteiger partial charge in [-0.2, -0.15) is 0 Å². The van der Waals surface area contributed by atoms with Crippen LogP contribution in [0.1, 0.15) is 44.9 Å². The Labute approximate surface area is 126 Å². The molecule has 20 heavy (non-hydrogen) atoms. The first kappa shape index (κ1) is 15.9. The third-order valence-electron chi connectivity index (χ3n) is 3.21. The van der Waals surface area contributed by atoms with Crippen molar-refractivity contribution in [1.29, 1.82) is 0 Å². The highest BCUT2D eigenvalue weighted by atomic mass is 32.2. The molecule has 0 unspecified atom stereocenters. The van der Waals surface area contributed by atoms with Gasteiger partial charge in [0.25, 0.3) is 0 Å². The molecule has 4 nitrogen and oxygen atoms in total. The number of rotatable bonds is 7. The quantitative estimate of drug-likeness (QED) is 0.813. The number of nitrogens with one attached hydrogen (secondary N) is 2. The van der Waals surface area contributed by atoms with Gasteiger partial charge in [0.1, 0.15) is 4.21 Å². The maximum absolute atomic E-state index is 12.2. The number of sulfonamides is 1. The van der Waals surface area contributed by atoms with Crippen LogP contribution in [0, 0.1) is 5.41 Å². The van der Waals surface area contributed by atoms with Crippen molar-refractivity contribution in [1.82, 2.24) is 10.0 Å². The van der Waals surface area contributed by atoms with Crippen LogP contribution in [0.25, 0.3) is 0 Å². The van der Waals surface area contributed by atoms with Gasteiger partial charge in [-0.25, -0.2) is 13.1 Å². The summed E-state index contributed by atoms with van der Waals surface area (Å²) >= 11 is 1.35. The molecule has 1 aliphatic carbocycles. The summed E-state index contributed by atoms with van der Waals surface area (Å²) in [6.07, 6.45) is 3.31. The second-order valence-corrected chi connectivity index (χ2v) is 9.75. The summed E-state index contributed by atoms with van der Waals surface area (Å²) in [5, 5.41) is 3.40. The van der Waals surface area contributed by atoms with Crippen molar-refractivity contribution in [2.24, 2.45) is 5.41 Å². The number of hydrogen-bond acceptors (Lipinski definition) is 4. The van der Waals surface area contributed by atoms with Gasteiger partial charge in [0.05, 0.1) is 0 Å². The molecule has 0 bridgehead atoms. The molecule has 0 aliphatic heterocycles. The van der Waals surface area contributed by atoms with E-state index >= 15 is 0 Å². The summed E-state index contributed by atoms with van der Waals surface area (Å²) in [7, 11) is -3.34. The maximum atomic E-state index is 12.2. The van der Waals surface area contributed by atoms with Crippen LogP contribution < -0.4 is 10.0 Å². The summed E-state index contributed by atoms with van der Waals surface area (Å²) in [6.45, 7) is 7.57. The molecule has 0 radical (unpaired) electrons. The zero-order valence-electron chi connectivity index (χ0n) is 12.4. The maximum Gasteiger partial charge on any atom is 0.250 e. The molecule has 0 amide bonds. The van der Waals surface area contributed by atoms with Crippen molar-refractivity contribution in [3.05, 3.63) is 17.0 Å². The molecule has 0 atom stereocenters. The lowest BCUT2D eigenvalue weighted by Crippen LogP contribution is -2.26. The van der Waals surface area contributed by atoms with Crippen LogP contribution >= 0.6 is 11.3 Å². The number of hydrogen-bond donors (Lipinski definition) is 2. The summed E-state index contributed by atoms with van der Waals surface area (Å²) in [5.74, 6) is 0. The summed E-state index contributed by atoms with van der Waals surface area (Å²) in [4.78, 5) is 1.08. The Bertz CT molecular complexity index is 540. The predicted molar refractivity (Wildman–Crippen MR) is 83.4 cm³/mol. The van der Waals surface area contributed by atoms with Crippen LogP contribution in [0.2, 0.25) is 0 Å². The Kier molecular flexibility index (Phi) is 4.89. The van der Waals surface area contributed by atoms with Crippen molar-refractivity contribution >= 4 is 21.4 Å². The molecular weight excluding hydrogens is 292 g/mol. The van der Waals surface area contributed by atoms with Crippen LogP contribution in [0.15, 0.2) is 16.3 Å². The summed E-state index contributed by atoms with van der Waals surface area (Å²) in [5.41, 5.74) is 0.136. The van der Waals surface area contributed by atoms with Crippen LogP contribution in [-0.2, 0) is 16.6 Å². The van der Waals surface area contributed by atoms with E-state index in [1.54, 1.807) is 6.07 Å². The average molecular weight is 316 g/mol. The molecule has 1 aromatic heterocycles. The van der Waals surface area contributed by atoms with Gasteiger partial charge >= 0.3 is 0 Å². The third-order valence-corrected chi connectivity index (χ3v) is 6.25. The second-order valence-electron chi connectivity index (χ2n) is 6.58. The highest BCUT2D eigenvalue weighted by Gasteiger charge is 2.21. The van der Waals surface area contributed by atoms with Crippen LogP contribution in [-0.4, -0.2) is 21.0 Å². The molecule has 2 N–H and O–H groups in total. The second kappa shape index (κ2) is 6.13. The van der Waals surface area contributed by atoms with Gasteiger partial charge in [-0.15, -0.1) is 11.3 Å². The highest BCUT2D eigenvalue weighted by molar-refractivity contribution is 7.91. The van der Waals surface area contributed by atoms with Crippen LogP contribution in [0.5, 0.6) is 0 Å². The molecule has 6 heteroatoms. The smallest absolute Gasteiger partial charge is 0.250 e. The van der Waals surface area contributed by atoms with E-state index in [0.717, 1.165) is 17.8 Å². The zero-order valence-corrected chi connectivity index (χ0v) is 14.0. The van der Waals surface area contributed by atoms with Crippen molar-refractivity contribution in [2.45, 2.75) is 56.8 Å². The molecule has 1 heterocycles. The Morgan fingerprint density at radius 2 is 2.00 bits per heavy atom. The minimum Gasteiger partial charge on any atom is -0.309 e. The Balaban J connectivity index is 1.87. The lowest BCUT2D eigenvalue weighted by molar-refractivity contribution is 0.378. The van der Waals surface area contributed by atoms with E-state index < -0.39 is 10.0 Å². The standard InChI is InChI=1S/C14H24N2O2S2/c1-14(2,3)8-9-16-20(17,18)13-7-6-12(19-13)10-15-11-4-5-11/h6-7,11,15-16H,4-5,8-10H2,1-3H3. The zero-order chi connectivity index (χ0) is 14.8. The minimum absolute atomic E-state index is 0.136. The molecule has 0 aromatic carbocycles. The topological polar surface area (TPSA) is 58.2 Å². The van der Waals surface area contributed by atoms with E-state index in [4.69, 9.17) is 0 Å². The molecule has 1 saturated carbocycles. The normalized spacial score (nSPS) is 16.6. The van der Waals surface area contributed by atoms with E-state index in [-0.39, 0.29) is 5.41 Å². The van der Waals surface area contributed by atoms with Gasteiger partial charge < -0.3 is 5.32 Å². The van der Waals surface area contributed by atoms with Crippen molar-refractivity contribution in [2.75, 3.05) is 6.54 Å². The monoisotopic (exact) mass is 316 g/mol. The van der Waals surface area contributed by atoms with Gasteiger partial charge in [-0.1, -0.05) is 20.8 Å². The largest absolute Gasteiger partial charge is 0.309 e. The SMILES string of the molecule is CC(C)(C)CCNS(=O)(=O)c1ccc(CNC2CC2)s1. The third kappa shape index (κ3) is 5.16.